The molecule has 1 aliphatic rings. The Morgan fingerprint density at radius 3 is 2.00 bits per heavy atom. The van der Waals surface area contributed by atoms with Crippen molar-refractivity contribution in [1.29, 1.82) is 0 Å². The highest BCUT2D eigenvalue weighted by atomic mass is 15.4. The second-order valence-electron chi connectivity index (χ2n) is 3.98. The molecular weight excluding hydrogens is 172 g/mol. The molecule has 0 atom stereocenters. The fourth-order valence-electron chi connectivity index (χ4n) is 2.29. The minimum atomic E-state index is 0.539. The van der Waals surface area contributed by atoms with Crippen molar-refractivity contribution >= 4 is 11.4 Å². The van der Waals surface area contributed by atoms with Gasteiger partial charge in [-0.1, -0.05) is 25.5 Å². The van der Waals surface area contributed by atoms with Crippen molar-refractivity contribution in [3.63, 3.8) is 0 Å². The van der Waals surface area contributed by atoms with E-state index in [9.17, 15) is 0 Å². The number of hydrogen-bond donors (Lipinski definition) is 0. The van der Waals surface area contributed by atoms with Crippen LogP contribution in [-0.4, -0.2) is 20.3 Å². The zero-order valence-corrected chi connectivity index (χ0v) is 9.20. The van der Waals surface area contributed by atoms with Gasteiger partial charge < -0.3 is 9.80 Å². The van der Waals surface area contributed by atoms with Crippen molar-refractivity contribution in [3.05, 3.63) is 24.3 Å². The first-order chi connectivity index (χ1) is 6.75. The summed E-state index contributed by atoms with van der Waals surface area (Å²) in [4.78, 5) is 4.75. The summed E-state index contributed by atoms with van der Waals surface area (Å²) >= 11 is 0. The molecule has 14 heavy (non-hydrogen) atoms. The van der Waals surface area contributed by atoms with Crippen LogP contribution in [0.1, 0.15) is 19.8 Å². The fraction of sp³-hybridized carbons (Fsp3) is 0.500. The van der Waals surface area contributed by atoms with E-state index in [2.05, 4.69) is 55.1 Å². The normalized spacial score (nSPS) is 16.2. The van der Waals surface area contributed by atoms with E-state index < -0.39 is 0 Å². The van der Waals surface area contributed by atoms with Gasteiger partial charge in [0.15, 0.2) is 0 Å². The van der Waals surface area contributed by atoms with Gasteiger partial charge in [0.1, 0.15) is 6.17 Å². The van der Waals surface area contributed by atoms with Crippen LogP contribution in [0.4, 0.5) is 11.4 Å². The Morgan fingerprint density at radius 2 is 1.57 bits per heavy atom. The van der Waals surface area contributed by atoms with Crippen LogP contribution in [0.5, 0.6) is 0 Å². The molecule has 0 unspecified atom stereocenters. The zero-order valence-electron chi connectivity index (χ0n) is 9.20. The molecule has 2 heteroatoms. The summed E-state index contributed by atoms with van der Waals surface area (Å²) in [6, 6.07) is 8.61. The second-order valence-corrected chi connectivity index (χ2v) is 3.98. The summed E-state index contributed by atoms with van der Waals surface area (Å²) in [6.07, 6.45) is 2.99. The average Bonchev–Trinajstić information content (AvgIpc) is 2.45. The lowest BCUT2D eigenvalue weighted by Gasteiger charge is -2.27. The van der Waals surface area contributed by atoms with Gasteiger partial charge in [-0.2, -0.15) is 0 Å². The molecule has 0 bridgehead atoms. The van der Waals surface area contributed by atoms with E-state index in [-0.39, 0.29) is 0 Å². The first-order valence-electron chi connectivity index (χ1n) is 5.30. The lowest BCUT2D eigenvalue weighted by atomic mass is 10.2. The van der Waals surface area contributed by atoms with Gasteiger partial charge in [0.2, 0.25) is 0 Å². The molecule has 0 saturated carbocycles. The Hall–Kier alpha value is -1.18. The number of para-hydroxylation sites is 2. The summed E-state index contributed by atoms with van der Waals surface area (Å²) in [7, 11) is 4.37. The van der Waals surface area contributed by atoms with Crippen LogP contribution in [0.2, 0.25) is 0 Å². The standard InChI is InChI=1S/C12H18N2/c1-4-7-12-13(2)10-8-5-6-9-11(10)14(12)3/h5-6,8-9,12H,4,7H2,1-3H3. The Labute approximate surface area is 86.1 Å². The van der Waals surface area contributed by atoms with Crippen LogP contribution >= 0.6 is 0 Å². The van der Waals surface area contributed by atoms with Crippen molar-refractivity contribution in [2.24, 2.45) is 0 Å². The average molecular weight is 190 g/mol. The molecule has 1 aromatic carbocycles. The number of nitrogens with zero attached hydrogens (tertiary/aromatic N) is 2. The maximum atomic E-state index is 2.37. The SMILES string of the molecule is CCCC1N(C)c2ccccc2N1C. The summed E-state index contributed by atoms with van der Waals surface area (Å²) in [5, 5.41) is 0. The lowest BCUT2D eigenvalue weighted by molar-refractivity contribution is 0.587. The molecule has 0 aromatic heterocycles. The van der Waals surface area contributed by atoms with Gasteiger partial charge in [-0.15, -0.1) is 0 Å². The molecule has 0 saturated heterocycles. The molecule has 0 amide bonds. The molecule has 0 fully saturated rings. The molecular formula is C12H18N2. The largest absolute Gasteiger partial charge is 0.353 e. The minimum Gasteiger partial charge on any atom is -0.353 e. The molecule has 2 nitrogen and oxygen atoms in total. The van der Waals surface area contributed by atoms with Crippen molar-refractivity contribution in [3.8, 4) is 0 Å². The van der Waals surface area contributed by atoms with E-state index in [0.29, 0.717) is 6.17 Å². The summed E-state index contributed by atoms with van der Waals surface area (Å²) in [5.41, 5.74) is 2.71. The van der Waals surface area contributed by atoms with Gasteiger partial charge in [-0.05, 0) is 18.6 Å². The molecule has 1 aromatic rings. The van der Waals surface area contributed by atoms with E-state index in [0.717, 1.165) is 0 Å². The van der Waals surface area contributed by atoms with Crippen LogP contribution in [0.25, 0.3) is 0 Å². The molecule has 0 aliphatic carbocycles. The van der Waals surface area contributed by atoms with Crippen LogP contribution in [-0.2, 0) is 0 Å². The van der Waals surface area contributed by atoms with E-state index >= 15 is 0 Å². The Bertz CT molecular complexity index is 293. The Morgan fingerprint density at radius 1 is 1.07 bits per heavy atom. The number of benzene rings is 1. The third-order valence-electron chi connectivity index (χ3n) is 3.08. The van der Waals surface area contributed by atoms with Gasteiger partial charge in [0.05, 0.1) is 11.4 Å². The first kappa shape index (κ1) is 9.38. The fourth-order valence-corrected chi connectivity index (χ4v) is 2.29. The van der Waals surface area contributed by atoms with Gasteiger partial charge in [0, 0.05) is 14.1 Å². The quantitative estimate of drug-likeness (QED) is 0.707. The molecule has 76 valence electrons. The lowest BCUT2D eigenvalue weighted by Crippen LogP contribution is -2.38. The monoisotopic (exact) mass is 190 g/mol. The maximum Gasteiger partial charge on any atom is 0.101 e. The second kappa shape index (κ2) is 3.52. The van der Waals surface area contributed by atoms with Crippen LogP contribution in [0.3, 0.4) is 0 Å². The van der Waals surface area contributed by atoms with Crippen LogP contribution in [0, 0.1) is 0 Å². The van der Waals surface area contributed by atoms with E-state index in [1.165, 1.54) is 24.2 Å². The third-order valence-corrected chi connectivity index (χ3v) is 3.08. The zero-order chi connectivity index (χ0) is 10.1. The highest BCUT2D eigenvalue weighted by Gasteiger charge is 2.29. The molecule has 0 radical (unpaired) electrons. The number of anilines is 2. The van der Waals surface area contributed by atoms with E-state index in [4.69, 9.17) is 0 Å². The predicted octanol–water partition coefficient (Wildman–Crippen LogP) is 2.70. The molecule has 0 spiro atoms. The topological polar surface area (TPSA) is 6.48 Å². The van der Waals surface area contributed by atoms with E-state index in [1.807, 2.05) is 0 Å². The first-order valence-corrected chi connectivity index (χ1v) is 5.30. The number of fused-ring (bicyclic) bond motifs is 1. The summed E-state index contributed by atoms with van der Waals surface area (Å²) in [6.45, 7) is 2.24. The number of hydrogen-bond acceptors (Lipinski definition) is 2. The number of rotatable bonds is 2. The van der Waals surface area contributed by atoms with Crippen molar-refractivity contribution < 1.29 is 0 Å². The van der Waals surface area contributed by atoms with Crippen molar-refractivity contribution in [2.45, 2.75) is 25.9 Å². The third kappa shape index (κ3) is 1.26. The van der Waals surface area contributed by atoms with Gasteiger partial charge in [0.25, 0.3) is 0 Å². The van der Waals surface area contributed by atoms with Crippen LogP contribution < -0.4 is 9.80 Å². The molecule has 1 heterocycles. The molecule has 1 aliphatic heterocycles. The predicted molar refractivity (Wildman–Crippen MR) is 61.9 cm³/mol. The molecule has 2 rings (SSSR count). The van der Waals surface area contributed by atoms with Crippen molar-refractivity contribution in [2.75, 3.05) is 23.9 Å². The highest BCUT2D eigenvalue weighted by molar-refractivity contribution is 5.76. The minimum absolute atomic E-state index is 0.539. The Kier molecular flexibility index (Phi) is 2.36. The summed E-state index contributed by atoms with van der Waals surface area (Å²) in [5.74, 6) is 0. The highest BCUT2D eigenvalue weighted by Crippen LogP contribution is 2.38. The van der Waals surface area contributed by atoms with Crippen LogP contribution in [0.15, 0.2) is 24.3 Å². The van der Waals surface area contributed by atoms with Crippen molar-refractivity contribution in [1.82, 2.24) is 0 Å². The maximum absolute atomic E-state index is 2.37. The van der Waals surface area contributed by atoms with Gasteiger partial charge in [-0.3, -0.25) is 0 Å². The smallest absolute Gasteiger partial charge is 0.101 e. The van der Waals surface area contributed by atoms with Gasteiger partial charge in [-0.25, -0.2) is 0 Å². The van der Waals surface area contributed by atoms with Gasteiger partial charge >= 0.3 is 0 Å². The summed E-state index contributed by atoms with van der Waals surface area (Å²) < 4.78 is 0. The Balaban J connectivity index is 2.33. The van der Waals surface area contributed by atoms with E-state index in [1.54, 1.807) is 0 Å². The molecule has 0 N–H and O–H groups in total.